The monoisotopic (exact) mass is 499 g/mol. The highest BCUT2D eigenvalue weighted by Gasteiger charge is 2.33. The van der Waals surface area contributed by atoms with E-state index in [1.807, 2.05) is 49.5 Å². The molecule has 0 aliphatic carbocycles. The fraction of sp³-hybridized carbons (Fsp3) is 0.269. The number of amides is 1. The molecule has 0 saturated carbocycles. The van der Waals surface area contributed by atoms with Gasteiger partial charge >= 0.3 is 0 Å². The Bertz CT molecular complexity index is 1280. The molecule has 0 unspecified atom stereocenters. The van der Waals surface area contributed by atoms with Crippen molar-refractivity contribution in [3.63, 3.8) is 0 Å². The van der Waals surface area contributed by atoms with Gasteiger partial charge in [0, 0.05) is 44.0 Å². The molecule has 1 N–H and O–H groups in total. The second-order valence-electron chi connectivity index (χ2n) is 8.63. The number of halogens is 2. The number of hydrogen-bond acceptors (Lipinski definition) is 4. The van der Waals surface area contributed by atoms with Crippen LogP contribution in [0.25, 0.3) is 0 Å². The molecular formula is C26H27F2N3O3S. The molecule has 1 aliphatic rings. The average Bonchev–Trinajstić information content (AvgIpc) is 2.86. The lowest BCUT2D eigenvalue weighted by Gasteiger charge is -2.30. The number of nitrogens with zero attached hydrogens (tertiary/aromatic N) is 2. The molecule has 184 valence electrons. The Hall–Kier alpha value is -3.30. The summed E-state index contributed by atoms with van der Waals surface area (Å²) in [5.74, 6) is -2.38. The molecule has 0 bridgehead atoms. The standard InChI is InChI=1S/C26H27F2N3O3S/c1-30(18-19-5-3-2-4-6-19)23-10-8-22(9-11-23)29-26(32)20-13-15-31(16-14-20)35(33,34)25-17-21(27)7-12-24(25)28/h2-12,17,20H,13-16,18H2,1H3,(H,29,32). The second-order valence-corrected chi connectivity index (χ2v) is 10.5. The largest absolute Gasteiger partial charge is 0.370 e. The van der Waals surface area contributed by atoms with Crippen molar-refractivity contribution in [1.82, 2.24) is 4.31 Å². The number of sulfonamides is 1. The SMILES string of the molecule is CN(Cc1ccccc1)c1ccc(NC(=O)C2CCN(S(=O)(=O)c3cc(F)ccc3F)CC2)cc1. The summed E-state index contributed by atoms with van der Waals surface area (Å²) in [7, 11) is -2.18. The number of carbonyl (C=O) groups excluding carboxylic acids is 1. The summed E-state index contributed by atoms with van der Waals surface area (Å²) in [5, 5.41) is 2.89. The minimum Gasteiger partial charge on any atom is -0.370 e. The van der Waals surface area contributed by atoms with Crippen molar-refractivity contribution < 1.29 is 22.0 Å². The van der Waals surface area contributed by atoms with Crippen molar-refractivity contribution in [3.05, 3.63) is 90.0 Å². The molecule has 0 atom stereocenters. The summed E-state index contributed by atoms with van der Waals surface area (Å²) >= 11 is 0. The van der Waals surface area contributed by atoms with Gasteiger partial charge in [-0.15, -0.1) is 0 Å². The lowest BCUT2D eigenvalue weighted by molar-refractivity contribution is -0.120. The highest BCUT2D eigenvalue weighted by atomic mass is 32.2. The first-order valence-corrected chi connectivity index (χ1v) is 12.8. The number of benzene rings is 3. The predicted molar refractivity (Wildman–Crippen MR) is 131 cm³/mol. The van der Waals surface area contributed by atoms with Gasteiger partial charge in [-0.3, -0.25) is 4.79 Å². The van der Waals surface area contributed by atoms with E-state index >= 15 is 0 Å². The van der Waals surface area contributed by atoms with E-state index in [-0.39, 0.29) is 24.9 Å². The van der Waals surface area contributed by atoms with Crippen molar-refractivity contribution in [2.24, 2.45) is 5.92 Å². The van der Waals surface area contributed by atoms with E-state index in [9.17, 15) is 22.0 Å². The number of nitrogens with one attached hydrogen (secondary N) is 1. The Morgan fingerprint density at radius 2 is 1.66 bits per heavy atom. The number of carbonyl (C=O) groups is 1. The zero-order chi connectivity index (χ0) is 25.0. The van der Waals surface area contributed by atoms with Crippen LogP contribution >= 0.6 is 0 Å². The molecule has 9 heteroatoms. The molecular weight excluding hydrogens is 472 g/mol. The van der Waals surface area contributed by atoms with Gasteiger partial charge in [-0.1, -0.05) is 30.3 Å². The Kier molecular flexibility index (Phi) is 7.47. The lowest BCUT2D eigenvalue weighted by atomic mass is 9.97. The first-order chi connectivity index (χ1) is 16.7. The van der Waals surface area contributed by atoms with Crippen LogP contribution in [-0.4, -0.2) is 38.8 Å². The minimum atomic E-state index is -4.18. The summed E-state index contributed by atoms with van der Waals surface area (Å²) in [5.41, 5.74) is 2.86. The molecule has 6 nitrogen and oxygen atoms in total. The van der Waals surface area contributed by atoms with Crippen LogP contribution in [0.3, 0.4) is 0 Å². The van der Waals surface area contributed by atoms with Gasteiger partial charge in [0.1, 0.15) is 16.5 Å². The van der Waals surface area contributed by atoms with Gasteiger partial charge in [-0.25, -0.2) is 17.2 Å². The number of hydrogen-bond donors (Lipinski definition) is 1. The van der Waals surface area contributed by atoms with Gasteiger partial charge in [0.2, 0.25) is 15.9 Å². The second kappa shape index (κ2) is 10.5. The molecule has 1 aliphatic heterocycles. The third-order valence-corrected chi connectivity index (χ3v) is 8.09. The molecule has 0 radical (unpaired) electrons. The van der Waals surface area contributed by atoms with Gasteiger partial charge in [0.25, 0.3) is 0 Å². The number of piperidine rings is 1. The summed E-state index contributed by atoms with van der Waals surface area (Å²) in [6.45, 7) is 0.868. The van der Waals surface area contributed by atoms with Crippen LogP contribution < -0.4 is 10.2 Å². The fourth-order valence-corrected chi connectivity index (χ4v) is 5.71. The van der Waals surface area contributed by atoms with Gasteiger partial charge < -0.3 is 10.2 Å². The van der Waals surface area contributed by atoms with Crippen LogP contribution in [0, 0.1) is 17.6 Å². The predicted octanol–water partition coefficient (Wildman–Crippen LogP) is 4.64. The van der Waals surface area contributed by atoms with E-state index in [0.29, 0.717) is 24.6 Å². The molecule has 3 aromatic rings. The van der Waals surface area contributed by atoms with Crippen LogP contribution in [0.2, 0.25) is 0 Å². The maximum Gasteiger partial charge on any atom is 0.246 e. The van der Waals surface area contributed by atoms with Crippen molar-refractivity contribution in [2.75, 3.05) is 30.4 Å². The molecule has 0 aromatic heterocycles. The highest BCUT2D eigenvalue weighted by Crippen LogP contribution is 2.27. The average molecular weight is 500 g/mol. The van der Waals surface area contributed by atoms with Crippen LogP contribution in [0.15, 0.2) is 77.7 Å². The van der Waals surface area contributed by atoms with Gasteiger partial charge in [-0.2, -0.15) is 4.31 Å². The third kappa shape index (κ3) is 5.86. The van der Waals surface area contributed by atoms with Gasteiger partial charge in [0.05, 0.1) is 0 Å². The van der Waals surface area contributed by atoms with Gasteiger partial charge in [-0.05, 0) is 60.9 Å². The Labute approximate surface area is 204 Å². The van der Waals surface area contributed by atoms with E-state index in [0.717, 1.165) is 28.7 Å². The van der Waals surface area contributed by atoms with Crippen molar-refractivity contribution in [2.45, 2.75) is 24.3 Å². The summed E-state index contributed by atoms with van der Waals surface area (Å²) in [6.07, 6.45) is 0.583. The van der Waals surface area contributed by atoms with E-state index in [1.165, 1.54) is 5.56 Å². The van der Waals surface area contributed by atoms with Crippen LogP contribution in [0.1, 0.15) is 18.4 Å². The topological polar surface area (TPSA) is 69.7 Å². The third-order valence-electron chi connectivity index (χ3n) is 6.17. The molecule has 0 spiro atoms. The van der Waals surface area contributed by atoms with E-state index in [2.05, 4.69) is 22.3 Å². The van der Waals surface area contributed by atoms with Crippen molar-refractivity contribution in [3.8, 4) is 0 Å². The molecule has 3 aromatic carbocycles. The first kappa shape index (κ1) is 24.8. The van der Waals surface area contributed by atoms with E-state index in [4.69, 9.17) is 0 Å². The number of anilines is 2. The zero-order valence-electron chi connectivity index (χ0n) is 19.3. The molecule has 1 amide bonds. The minimum absolute atomic E-state index is 0.0552. The maximum absolute atomic E-state index is 14.0. The smallest absolute Gasteiger partial charge is 0.246 e. The fourth-order valence-electron chi connectivity index (χ4n) is 4.16. The molecule has 1 fully saturated rings. The van der Waals surface area contributed by atoms with E-state index in [1.54, 1.807) is 0 Å². The number of rotatable bonds is 7. The summed E-state index contributed by atoms with van der Waals surface area (Å²) < 4.78 is 54.1. The van der Waals surface area contributed by atoms with Crippen LogP contribution in [0.4, 0.5) is 20.2 Å². The highest BCUT2D eigenvalue weighted by molar-refractivity contribution is 7.89. The zero-order valence-corrected chi connectivity index (χ0v) is 20.1. The summed E-state index contributed by atoms with van der Waals surface area (Å²) in [6, 6.07) is 20.0. The molecule has 1 saturated heterocycles. The van der Waals surface area contributed by atoms with E-state index < -0.39 is 26.6 Å². The summed E-state index contributed by atoms with van der Waals surface area (Å²) in [4.78, 5) is 14.2. The molecule has 1 heterocycles. The van der Waals surface area contributed by atoms with Gasteiger partial charge in [0.15, 0.2) is 0 Å². The quantitative estimate of drug-likeness (QED) is 0.514. The normalized spacial score (nSPS) is 15.1. The van der Waals surface area contributed by atoms with Crippen molar-refractivity contribution in [1.29, 1.82) is 0 Å². The Morgan fingerprint density at radius 1 is 1.00 bits per heavy atom. The Balaban J connectivity index is 1.32. The molecule has 35 heavy (non-hydrogen) atoms. The maximum atomic E-state index is 14.0. The Morgan fingerprint density at radius 3 is 2.31 bits per heavy atom. The first-order valence-electron chi connectivity index (χ1n) is 11.4. The molecule has 4 rings (SSSR count). The van der Waals surface area contributed by atoms with Crippen LogP contribution in [-0.2, 0) is 21.4 Å². The van der Waals surface area contributed by atoms with Crippen molar-refractivity contribution >= 4 is 27.3 Å². The lowest BCUT2D eigenvalue weighted by Crippen LogP contribution is -2.41. The van der Waals surface area contributed by atoms with Crippen LogP contribution in [0.5, 0.6) is 0 Å².